The van der Waals surface area contributed by atoms with E-state index in [-0.39, 0.29) is 29.6 Å². The monoisotopic (exact) mass is 428 g/mol. The van der Waals surface area contributed by atoms with Gasteiger partial charge in [0.25, 0.3) is 0 Å². The molecule has 4 heteroatoms. The molecule has 5 fully saturated rings. The largest absolute Gasteiger partial charge is 0.461 e. The summed E-state index contributed by atoms with van der Waals surface area (Å²) in [6.45, 7) is 9.94. The standard InChI is InChI=1S/C27H40O4/c1-5-26(3,6-2)25(29)30-21-15-17-14-20(21)23-18-12-16(22(17)23)13-19(18)24(28)31-27(4)10-8-7-9-11-27/h5,16-23H,1,6-15H2,2-4H3. The first kappa shape index (κ1) is 21.5. The molecule has 5 aliphatic carbocycles. The average Bonchev–Trinajstić information content (AvgIpc) is 3.51. The summed E-state index contributed by atoms with van der Waals surface area (Å²) in [4.78, 5) is 26.1. The fourth-order valence-corrected chi connectivity index (χ4v) is 8.31. The van der Waals surface area contributed by atoms with E-state index < -0.39 is 5.41 Å². The maximum absolute atomic E-state index is 13.3. The fraction of sp³-hybridized carbons (Fsp3) is 0.852. The summed E-state index contributed by atoms with van der Waals surface area (Å²) in [6, 6.07) is 0. The lowest BCUT2D eigenvalue weighted by molar-refractivity contribution is -0.173. The molecule has 0 aromatic heterocycles. The second kappa shape index (κ2) is 7.63. The Morgan fingerprint density at radius 3 is 2.39 bits per heavy atom. The number of hydrogen-bond acceptors (Lipinski definition) is 4. The van der Waals surface area contributed by atoms with Crippen LogP contribution in [0.15, 0.2) is 12.7 Å². The topological polar surface area (TPSA) is 52.6 Å². The molecule has 0 aromatic carbocycles. The number of rotatable bonds is 6. The molecule has 0 saturated heterocycles. The number of ether oxygens (including phenoxy) is 2. The van der Waals surface area contributed by atoms with Crippen molar-refractivity contribution in [1.29, 1.82) is 0 Å². The Hall–Kier alpha value is -1.32. The third kappa shape index (κ3) is 3.38. The summed E-state index contributed by atoms with van der Waals surface area (Å²) in [5.41, 5.74) is -0.851. The number of carbonyl (C=O) groups is 2. The molecule has 0 aliphatic heterocycles. The minimum absolute atomic E-state index is 0.0245. The van der Waals surface area contributed by atoms with Gasteiger partial charge >= 0.3 is 11.9 Å². The maximum Gasteiger partial charge on any atom is 0.315 e. The van der Waals surface area contributed by atoms with Gasteiger partial charge in [0.2, 0.25) is 0 Å². The first-order valence-electron chi connectivity index (χ1n) is 12.9. The molecule has 5 rings (SSSR count). The van der Waals surface area contributed by atoms with Crippen LogP contribution in [-0.4, -0.2) is 23.6 Å². The van der Waals surface area contributed by atoms with E-state index in [0.717, 1.165) is 31.6 Å². The third-order valence-electron chi connectivity index (χ3n) is 10.2. The van der Waals surface area contributed by atoms with Crippen LogP contribution in [0.5, 0.6) is 0 Å². The van der Waals surface area contributed by atoms with Crippen molar-refractivity contribution in [2.24, 2.45) is 46.8 Å². The first-order chi connectivity index (χ1) is 14.8. The van der Waals surface area contributed by atoms with Crippen LogP contribution in [0.25, 0.3) is 0 Å². The van der Waals surface area contributed by atoms with Crippen LogP contribution in [0.4, 0.5) is 0 Å². The summed E-state index contributed by atoms with van der Waals surface area (Å²) in [7, 11) is 0. The van der Waals surface area contributed by atoms with Crippen molar-refractivity contribution >= 4 is 11.9 Å². The minimum Gasteiger partial charge on any atom is -0.461 e. The molecule has 5 saturated carbocycles. The Labute approximate surface area is 187 Å². The number of carbonyl (C=O) groups excluding carboxylic acids is 2. The molecule has 0 heterocycles. The Kier molecular flexibility index (Phi) is 5.29. The zero-order chi connectivity index (χ0) is 22.0. The van der Waals surface area contributed by atoms with Crippen molar-refractivity contribution in [2.75, 3.05) is 0 Å². The molecule has 0 N–H and O–H groups in total. The van der Waals surface area contributed by atoms with E-state index in [1.165, 1.54) is 32.1 Å². The average molecular weight is 429 g/mol. The Morgan fingerprint density at radius 2 is 1.71 bits per heavy atom. The molecule has 31 heavy (non-hydrogen) atoms. The van der Waals surface area contributed by atoms with Crippen LogP contribution >= 0.6 is 0 Å². The van der Waals surface area contributed by atoms with E-state index in [1.807, 2.05) is 13.8 Å². The van der Waals surface area contributed by atoms with Gasteiger partial charge in [-0.25, -0.2) is 0 Å². The van der Waals surface area contributed by atoms with Crippen molar-refractivity contribution in [3.05, 3.63) is 12.7 Å². The van der Waals surface area contributed by atoms with Gasteiger partial charge in [-0.2, -0.15) is 0 Å². The fourth-order valence-electron chi connectivity index (χ4n) is 8.31. The second-order valence-corrected chi connectivity index (χ2v) is 11.9. The van der Waals surface area contributed by atoms with Crippen LogP contribution in [0, 0.1) is 46.8 Å². The SMILES string of the molecule is C=CC(C)(CC)C(=O)OC1CC2CC1C1C3CC(CC3C(=O)OC3(C)CCCCC3)C21. The van der Waals surface area contributed by atoms with E-state index in [4.69, 9.17) is 9.47 Å². The van der Waals surface area contributed by atoms with E-state index in [9.17, 15) is 9.59 Å². The molecule has 0 aromatic rings. The molecule has 0 spiro atoms. The number of hydrogen-bond donors (Lipinski definition) is 0. The van der Waals surface area contributed by atoms with Crippen LogP contribution in [-0.2, 0) is 19.1 Å². The summed E-state index contributed by atoms with van der Waals surface area (Å²) in [6.07, 6.45) is 12.5. The van der Waals surface area contributed by atoms with Crippen molar-refractivity contribution in [3.8, 4) is 0 Å². The molecule has 9 atom stereocenters. The zero-order valence-corrected chi connectivity index (χ0v) is 19.6. The summed E-state index contributed by atoms with van der Waals surface area (Å²) in [5, 5.41) is 0. The van der Waals surface area contributed by atoms with Crippen LogP contribution in [0.2, 0.25) is 0 Å². The van der Waals surface area contributed by atoms with E-state index in [0.29, 0.717) is 36.0 Å². The van der Waals surface area contributed by atoms with Gasteiger partial charge in [-0.15, -0.1) is 6.58 Å². The molecule has 0 radical (unpaired) electrons. The normalized spacial score (nSPS) is 43.8. The molecule has 9 unspecified atom stereocenters. The maximum atomic E-state index is 13.3. The Balaban J connectivity index is 1.27. The molecular formula is C27H40O4. The zero-order valence-electron chi connectivity index (χ0n) is 19.6. The minimum atomic E-state index is -0.600. The van der Waals surface area contributed by atoms with Gasteiger partial charge in [-0.1, -0.05) is 19.4 Å². The molecule has 5 aliphatic rings. The van der Waals surface area contributed by atoms with E-state index in [2.05, 4.69) is 13.5 Å². The van der Waals surface area contributed by atoms with Gasteiger partial charge in [-0.05, 0) is 107 Å². The van der Waals surface area contributed by atoms with Crippen molar-refractivity contribution in [2.45, 2.75) is 96.7 Å². The lowest BCUT2D eigenvalue weighted by Crippen LogP contribution is -2.44. The van der Waals surface area contributed by atoms with E-state index >= 15 is 0 Å². The van der Waals surface area contributed by atoms with Gasteiger partial charge in [0.15, 0.2) is 0 Å². The lowest BCUT2D eigenvalue weighted by atomic mass is 9.66. The van der Waals surface area contributed by atoms with Gasteiger partial charge < -0.3 is 9.47 Å². The van der Waals surface area contributed by atoms with Crippen LogP contribution < -0.4 is 0 Å². The van der Waals surface area contributed by atoms with Crippen LogP contribution in [0.1, 0.15) is 85.0 Å². The quantitative estimate of drug-likeness (QED) is 0.310. The van der Waals surface area contributed by atoms with Gasteiger partial charge in [0.05, 0.1) is 11.3 Å². The summed E-state index contributed by atoms with van der Waals surface area (Å²) >= 11 is 0. The highest BCUT2D eigenvalue weighted by molar-refractivity contribution is 5.78. The smallest absolute Gasteiger partial charge is 0.315 e. The predicted molar refractivity (Wildman–Crippen MR) is 119 cm³/mol. The highest BCUT2D eigenvalue weighted by Crippen LogP contribution is 2.69. The van der Waals surface area contributed by atoms with Crippen molar-refractivity contribution in [1.82, 2.24) is 0 Å². The molecule has 4 nitrogen and oxygen atoms in total. The summed E-state index contributed by atoms with van der Waals surface area (Å²) in [5.74, 6) is 3.51. The first-order valence-corrected chi connectivity index (χ1v) is 12.9. The lowest BCUT2D eigenvalue weighted by Gasteiger charge is -2.42. The van der Waals surface area contributed by atoms with Gasteiger partial charge in [0, 0.05) is 0 Å². The number of esters is 2. The highest BCUT2D eigenvalue weighted by Gasteiger charge is 2.67. The van der Waals surface area contributed by atoms with E-state index in [1.54, 1.807) is 6.08 Å². The second-order valence-electron chi connectivity index (χ2n) is 11.9. The summed E-state index contributed by atoms with van der Waals surface area (Å²) < 4.78 is 12.3. The molecule has 4 bridgehead atoms. The van der Waals surface area contributed by atoms with Crippen molar-refractivity contribution in [3.63, 3.8) is 0 Å². The molecule has 172 valence electrons. The highest BCUT2D eigenvalue weighted by atomic mass is 16.6. The van der Waals surface area contributed by atoms with Gasteiger partial charge in [-0.3, -0.25) is 9.59 Å². The van der Waals surface area contributed by atoms with Crippen LogP contribution in [0.3, 0.4) is 0 Å². The van der Waals surface area contributed by atoms with Gasteiger partial charge in [0.1, 0.15) is 11.7 Å². The third-order valence-corrected chi connectivity index (χ3v) is 10.2. The Bertz CT molecular complexity index is 752. The Morgan fingerprint density at radius 1 is 1.03 bits per heavy atom. The number of fused-ring (bicyclic) bond motifs is 9. The molecular weight excluding hydrogens is 388 g/mol. The molecule has 0 amide bonds. The van der Waals surface area contributed by atoms with Crippen molar-refractivity contribution < 1.29 is 19.1 Å². The predicted octanol–water partition coefficient (Wildman–Crippen LogP) is 5.69.